The Morgan fingerprint density at radius 1 is 1.12 bits per heavy atom. The summed E-state index contributed by atoms with van der Waals surface area (Å²) in [6, 6.07) is 9.20. The van der Waals surface area contributed by atoms with Crippen LogP contribution < -0.4 is 5.32 Å². The van der Waals surface area contributed by atoms with Crippen molar-refractivity contribution in [3.05, 3.63) is 59.3 Å². The second kappa shape index (κ2) is 5.16. The summed E-state index contributed by atoms with van der Waals surface area (Å²) >= 11 is 0. The number of amides is 1. The van der Waals surface area contributed by atoms with E-state index in [1.807, 2.05) is 24.3 Å². The summed E-state index contributed by atoms with van der Waals surface area (Å²) in [6.45, 7) is 0.378. The molecular formula is C19H17N3O2. The fraction of sp³-hybridized carbons (Fsp3) is 0.316. The lowest BCUT2D eigenvalue weighted by atomic mass is 10.00. The summed E-state index contributed by atoms with van der Waals surface area (Å²) in [6.07, 6.45) is 5.26. The van der Waals surface area contributed by atoms with Crippen molar-refractivity contribution in [1.29, 1.82) is 0 Å². The molecule has 1 fully saturated rings. The van der Waals surface area contributed by atoms with Gasteiger partial charge in [0.05, 0.1) is 35.2 Å². The molecule has 0 saturated heterocycles. The Hall–Kier alpha value is -2.69. The first-order valence-corrected chi connectivity index (χ1v) is 8.40. The van der Waals surface area contributed by atoms with Crippen molar-refractivity contribution in [1.82, 2.24) is 15.3 Å². The molecule has 1 N–H and O–H groups in total. The molecule has 0 radical (unpaired) electrons. The van der Waals surface area contributed by atoms with Crippen LogP contribution in [-0.4, -0.2) is 15.9 Å². The highest BCUT2D eigenvalue weighted by molar-refractivity contribution is 5.97. The molecule has 2 aromatic heterocycles. The number of nitrogens with one attached hydrogen (secondary N) is 1. The zero-order valence-corrected chi connectivity index (χ0v) is 13.2. The molecule has 2 heterocycles. The molecule has 5 nitrogen and oxygen atoms in total. The summed E-state index contributed by atoms with van der Waals surface area (Å²) in [5.41, 5.74) is 4.64. The Balaban J connectivity index is 1.44. The highest BCUT2D eigenvalue weighted by Crippen LogP contribution is 2.51. The third kappa shape index (κ3) is 2.12. The van der Waals surface area contributed by atoms with Crippen LogP contribution in [0.5, 0.6) is 0 Å². The lowest BCUT2D eigenvalue weighted by Gasteiger charge is -2.14. The molecule has 2 aliphatic rings. The van der Waals surface area contributed by atoms with Crippen LogP contribution in [0.15, 0.2) is 41.0 Å². The van der Waals surface area contributed by atoms with Gasteiger partial charge in [-0.15, -0.1) is 0 Å². The Morgan fingerprint density at radius 2 is 1.92 bits per heavy atom. The van der Waals surface area contributed by atoms with E-state index >= 15 is 0 Å². The quantitative estimate of drug-likeness (QED) is 0.802. The van der Waals surface area contributed by atoms with E-state index in [1.54, 1.807) is 12.3 Å². The van der Waals surface area contributed by atoms with E-state index in [4.69, 9.17) is 14.4 Å². The molecule has 3 aromatic rings. The third-order valence-corrected chi connectivity index (χ3v) is 5.19. The number of hydrogen-bond acceptors (Lipinski definition) is 4. The lowest BCUT2D eigenvalue weighted by Crippen LogP contribution is -2.22. The Bertz CT molecular complexity index is 933. The normalized spacial score (nSPS) is 21.2. The van der Waals surface area contributed by atoms with E-state index in [0.29, 0.717) is 23.9 Å². The summed E-state index contributed by atoms with van der Waals surface area (Å²) in [5.74, 6) is 1.77. The number of fused-ring (bicyclic) bond motifs is 6. The second-order valence-electron chi connectivity index (χ2n) is 6.67. The van der Waals surface area contributed by atoms with Crippen LogP contribution >= 0.6 is 0 Å². The van der Waals surface area contributed by atoms with Crippen molar-refractivity contribution < 1.29 is 9.21 Å². The van der Waals surface area contributed by atoms with Crippen LogP contribution in [0.4, 0.5) is 0 Å². The van der Waals surface area contributed by atoms with Gasteiger partial charge in [0.2, 0.25) is 0 Å². The van der Waals surface area contributed by atoms with Gasteiger partial charge in [-0.05, 0) is 49.6 Å². The summed E-state index contributed by atoms with van der Waals surface area (Å²) < 4.78 is 5.23. The zero-order valence-electron chi connectivity index (χ0n) is 13.2. The maximum Gasteiger partial charge on any atom is 0.251 e. The molecule has 0 spiro atoms. The number of carbonyl (C=O) groups is 1. The van der Waals surface area contributed by atoms with Gasteiger partial charge in [-0.25, -0.2) is 9.97 Å². The molecule has 2 atom stereocenters. The Labute approximate surface area is 139 Å². The fourth-order valence-corrected chi connectivity index (χ4v) is 3.98. The van der Waals surface area contributed by atoms with Crippen molar-refractivity contribution in [2.75, 3.05) is 0 Å². The maximum atomic E-state index is 12.3. The van der Waals surface area contributed by atoms with Crippen LogP contribution in [-0.2, 0) is 6.54 Å². The fourth-order valence-electron chi connectivity index (χ4n) is 3.98. The van der Waals surface area contributed by atoms with E-state index in [-0.39, 0.29) is 5.91 Å². The first-order valence-electron chi connectivity index (χ1n) is 8.40. The summed E-state index contributed by atoms with van der Waals surface area (Å²) in [7, 11) is 0. The molecule has 1 amide bonds. The standard InChI is InChI=1S/C19H17N3O2/c23-19(20-10-14-2-1-7-24-14)13-5-6-15-16(9-13)22-18-12-4-3-11(8-12)17(18)21-15/h1-2,5-7,9,11-12H,3-4,8,10H2,(H,20,23). The summed E-state index contributed by atoms with van der Waals surface area (Å²) in [4.78, 5) is 22.0. The van der Waals surface area contributed by atoms with Gasteiger partial charge in [0.25, 0.3) is 5.91 Å². The minimum Gasteiger partial charge on any atom is -0.467 e. The van der Waals surface area contributed by atoms with Gasteiger partial charge in [0, 0.05) is 17.4 Å². The Morgan fingerprint density at radius 3 is 2.67 bits per heavy atom. The van der Waals surface area contributed by atoms with Gasteiger partial charge >= 0.3 is 0 Å². The number of rotatable bonds is 3. The van der Waals surface area contributed by atoms with E-state index in [1.165, 1.54) is 25.0 Å². The molecule has 120 valence electrons. The highest BCUT2D eigenvalue weighted by atomic mass is 16.3. The average molecular weight is 319 g/mol. The topological polar surface area (TPSA) is 68.0 Å². The number of benzene rings is 1. The van der Waals surface area contributed by atoms with Crippen molar-refractivity contribution in [2.24, 2.45) is 0 Å². The van der Waals surface area contributed by atoms with E-state index < -0.39 is 0 Å². The zero-order chi connectivity index (χ0) is 16.1. The average Bonchev–Trinajstić information content (AvgIpc) is 3.35. The monoisotopic (exact) mass is 319 g/mol. The van der Waals surface area contributed by atoms with Crippen LogP contribution in [0.2, 0.25) is 0 Å². The molecule has 2 unspecified atom stereocenters. The van der Waals surface area contributed by atoms with Gasteiger partial charge in [-0.1, -0.05) is 0 Å². The van der Waals surface area contributed by atoms with Crippen LogP contribution in [0, 0.1) is 0 Å². The van der Waals surface area contributed by atoms with Gasteiger partial charge < -0.3 is 9.73 Å². The molecule has 2 bridgehead atoms. The van der Waals surface area contributed by atoms with E-state index in [9.17, 15) is 4.79 Å². The number of carbonyl (C=O) groups excluding carboxylic acids is 1. The first-order chi connectivity index (χ1) is 11.8. The molecule has 1 saturated carbocycles. The van der Waals surface area contributed by atoms with Gasteiger partial charge in [0.1, 0.15) is 5.76 Å². The summed E-state index contributed by atoms with van der Waals surface area (Å²) in [5, 5.41) is 2.86. The molecule has 24 heavy (non-hydrogen) atoms. The second-order valence-corrected chi connectivity index (χ2v) is 6.67. The molecule has 0 aliphatic heterocycles. The number of aromatic nitrogens is 2. The minimum absolute atomic E-state index is 0.128. The molecular weight excluding hydrogens is 302 g/mol. The van der Waals surface area contributed by atoms with Gasteiger partial charge in [-0.3, -0.25) is 4.79 Å². The highest BCUT2D eigenvalue weighted by Gasteiger charge is 2.39. The minimum atomic E-state index is -0.128. The van der Waals surface area contributed by atoms with Crippen molar-refractivity contribution in [3.8, 4) is 0 Å². The SMILES string of the molecule is O=C(NCc1ccco1)c1ccc2nc3c(nc2c1)C1CCC3C1. The first kappa shape index (κ1) is 13.7. The molecule has 5 heteroatoms. The smallest absolute Gasteiger partial charge is 0.251 e. The third-order valence-electron chi connectivity index (χ3n) is 5.19. The van der Waals surface area contributed by atoms with Crippen molar-refractivity contribution in [2.45, 2.75) is 37.6 Å². The van der Waals surface area contributed by atoms with E-state index in [0.717, 1.165) is 22.5 Å². The largest absolute Gasteiger partial charge is 0.467 e. The Kier molecular flexibility index (Phi) is 2.95. The maximum absolute atomic E-state index is 12.3. The van der Waals surface area contributed by atoms with Crippen molar-refractivity contribution in [3.63, 3.8) is 0 Å². The lowest BCUT2D eigenvalue weighted by molar-refractivity contribution is 0.0948. The van der Waals surface area contributed by atoms with Crippen LogP contribution in [0.25, 0.3) is 11.0 Å². The predicted octanol–water partition coefficient (Wildman–Crippen LogP) is 3.52. The number of hydrogen-bond donors (Lipinski definition) is 1. The van der Waals surface area contributed by atoms with E-state index in [2.05, 4.69) is 5.32 Å². The van der Waals surface area contributed by atoms with Crippen LogP contribution in [0.3, 0.4) is 0 Å². The predicted molar refractivity (Wildman–Crippen MR) is 88.7 cm³/mol. The molecule has 2 aliphatic carbocycles. The van der Waals surface area contributed by atoms with Crippen LogP contribution in [0.1, 0.15) is 58.6 Å². The molecule has 5 rings (SSSR count). The van der Waals surface area contributed by atoms with Gasteiger partial charge in [-0.2, -0.15) is 0 Å². The number of nitrogens with zero attached hydrogens (tertiary/aromatic N) is 2. The molecule has 1 aromatic carbocycles. The van der Waals surface area contributed by atoms with Crippen molar-refractivity contribution >= 4 is 16.9 Å². The van der Waals surface area contributed by atoms with Gasteiger partial charge in [0.15, 0.2) is 0 Å². The number of furan rings is 1.